The molecule has 3 nitrogen and oxygen atoms in total. The smallest absolute Gasteiger partial charge is 0.0558 e. The zero-order chi connectivity index (χ0) is 13.7. The van der Waals surface area contributed by atoms with Gasteiger partial charge in [-0.05, 0) is 23.6 Å². The van der Waals surface area contributed by atoms with Crippen LogP contribution in [0.25, 0.3) is 0 Å². The maximum absolute atomic E-state index is 8.94. The van der Waals surface area contributed by atoms with Gasteiger partial charge < -0.3 is 10.0 Å². The van der Waals surface area contributed by atoms with Crippen molar-refractivity contribution < 1.29 is 5.11 Å². The first-order valence-corrected chi connectivity index (χ1v) is 7.79. The van der Waals surface area contributed by atoms with Crippen molar-refractivity contribution in [3.8, 4) is 0 Å². The predicted octanol–water partition coefficient (Wildman–Crippen LogP) is 2.16. The Hall–Kier alpha value is -0.420. The van der Waals surface area contributed by atoms with E-state index >= 15 is 0 Å². The van der Waals surface area contributed by atoms with Crippen molar-refractivity contribution in [2.45, 2.75) is 12.8 Å². The monoisotopic (exact) mass is 326 g/mol. The Morgan fingerprint density at radius 3 is 2.53 bits per heavy atom. The van der Waals surface area contributed by atoms with Crippen LogP contribution in [-0.2, 0) is 0 Å². The Labute approximate surface area is 124 Å². The van der Waals surface area contributed by atoms with Gasteiger partial charge >= 0.3 is 0 Å². The van der Waals surface area contributed by atoms with Crippen LogP contribution in [-0.4, -0.2) is 60.8 Å². The maximum atomic E-state index is 8.94. The van der Waals surface area contributed by atoms with Gasteiger partial charge in [0, 0.05) is 43.7 Å². The molecule has 1 aliphatic rings. The van der Waals surface area contributed by atoms with Crippen LogP contribution in [0.5, 0.6) is 0 Å². The standard InChI is InChI=1S/C15H23BrN2O/c1-13(14-3-2-4-15(16)11-14)12-18-7-5-17(6-8-18)9-10-19/h2-4,11,13,19H,5-10,12H2,1H3/t13-/m1/s1. The van der Waals surface area contributed by atoms with Crippen LogP contribution < -0.4 is 0 Å². The molecule has 19 heavy (non-hydrogen) atoms. The number of hydrogen-bond donors (Lipinski definition) is 1. The van der Waals surface area contributed by atoms with Crippen LogP contribution in [0.2, 0.25) is 0 Å². The average Bonchev–Trinajstić information content (AvgIpc) is 2.41. The second-order valence-corrected chi connectivity index (χ2v) is 6.24. The summed E-state index contributed by atoms with van der Waals surface area (Å²) in [4.78, 5) is 4.86. The molecule has 0 aliphatic carbocycles. The van der Waals surface area contributed by atoms with Crippen LogP contribution in [0.4, 0.5) is 0 Å². The minimum atomic E-state index is 0.272. The summed E-state index contributed by atoms with van der Waals surface area (Å²) in [6.07, 6.45) is 0. The average molecular weight is 327 g/mol. The number of rotatable bonds is 5. The molecule has 1 fully saturated rings. The summed E-state index contributed by atoms with van der Waals surface area (Å²) in [5.41, 5.74) is 1.40. The summed E-state index contributed by atoms with van der Waals surface area (Å²) in [5.74, 6) is 0.557. The van der Waals surface area contributed by atoms with Crippen molar-refractivity contribution in [2.75, 3.05) is 45.9 Å². The van der Waals surface area contributed by atoms with E-state index < -0.39 is 0 Å². The third kappa shape index (κ3) is 4.56. The van der Waals surface area contributed by atoms with E-state index in [0.29, 0.717) is 5.92 Å². The zero-order valence-electron chi connectivity index (χ0n) is 11.6. The van der Waals surface area contributed by atoms with Gasteiger partial charge in [0.25, 0.3) is 0 Å². The highest BCUT2D eigenvalue weighted by atomic mass is 79.9. The summed E-state index contributed by atoms with van der Waals surface area (Å²) in [6, 6.07) is 8.60. The molecule has 1 N–H and O–H groups in total. The van der Waals surface area contributed by atoms with E-state index in [9.17, 15) is 0 Å². The summed E-state index contributed by atoms with van der Waals surface area (Å²) < 4.78 is 1.16. The van der Waals surface area contributed by atoms with Crippen molar-refractivity contribution in [3.05, 3.63) is 34.3 Å². The summed E-state index contributed by atoms with van der Waals surface area (Å²) >= 11 is 3.54. The highest BCUT2D eigenvalue weighted by Crippen LogP contribution is 2.21. The first kappa shape index (κ1) is 15.0. The largest absolute Gasteiger partial charge is 0.395 e. The molecule has 1 atom stereocenters. The van der Waals surface area contributed by atoms with Crippen molar-refractivity contribution >= 4 is 15.9 Å². The van der Waals surface area contributed by atoms with Gasteiger partial charge in [-0.15, -0.1) is 0 Å². The lowest BCUT2D eigenvalue weighted by atomic mass is 10.0. The maximum Gasteiger partial charge on any atom is 0.0558 e. The molecule has 1 aromatic carbocycles. The Morgan fingerprint density at radius 2 is 1.89 bits per heavy atom. The number of aliphatic hydroxyl groups excluding tert-OH is 1. The van der Waals surface area contributed by atoms with Crippen LogP contribution in [0.1, 0.15) is 18.4 Å². The van der Waals surface area contributed by atoms with Crippen LogP contribution in [0.15, 0.2) is 28.7 Å². The lowest BCUT2D eigenvalue weighted by Gasteiger charge is -2.35. The first-order chi connectivity index (χ1) is 9.19. The van der Waals surface area contributed by atoms with E-state index in [1.54, 1.807) is 0 Å². The SMILES string of the molecule is C[C@H](CN1CCN(CCO)CC1)c1cccc(Br)c1. The zero-order valence-corrected chi connectivity index (χ0v) is 13.1. The van der Waals surface area contributed by atoms with Crippen LogP contribution >= 0.6 is 15.9 Å². The molecule has 0 bridgehead atoms. The topological polar surface area (TPSA) is 26.7 Å². The van der Waals surface area contributed by atoms with Crippen LogP contribution in [0, 0.1) is 0 Å². The van der Waals surface area contributed by atoms with Gasteiger partial charge in [0.1, 0.15) is 0 Å². The molecule has 0 spiro atoms. The minimum absolute atomic E-state index is 0.272. The Balaban J connectivity index is 1.82. The number of hydrogen-bond acceptors (Lipinski definition) is 3. The van der Waals surface area contributed by atoms with Gasteiger partial charge in [-0.3, -0.25) is 4.90 Å². The molecule has 0 saturated carbocycles. The molecule has 1 saturated heterocycles. The molecule has 0 radical (unpaired) electrons. The molecular formula is C15H23BrN2O. The lowest BCUT2D eigenvalue weighted by molar-refractivity contribution is 0.109. The van der Waals surface area contributed by atoms with Gasteiger partial charge in [-0.2, -0.15) is 0 Å². The van der Waals surface area contributed by atoms with Crippen molar-refractivity contribution in [3.63, 3.8) is 0 Å². The van der Waals surface area contributed by atoms with Gasteiger partial charge in [0.2, 0.25) is 0 Å². The quantitative estimate of drug-likeness (QED) is 0.898. The fraction of sp³-hybridized carbons (Fsp3) is 0.600. The van der Waals surface area contributed by atoms with Crippen molar-refractivity contribution in [1.29, 1.82) is 0 Å². The van der Waals surface area contributed by atoms with E-state index in [0.717, 1.165) is 43.7 Å². The number of benzene rings is 1. The van der Waals surface area contributed by atoms with E-state index in [-0.39, 0.29) is 6.61 Å². The fourth-order valence-electron chi connectivity index (χ4n) is 2.64. The van der Waals surface area contributed by atoms with Crippen molar-refractivity contribution in [1.82, 2.24) is 9.80 Å². The van der Waals surface area contributed by atoms with Gasteiger partial charge in [-0.1, -0.05) is 35.0 Å². The molecular weight excluding hydrogens is 304 g/mol. The number of piperazine rings is 1. The molecule has 1 aromatic rings. The first-order valence-electron chi connectivity index (χ1n) is 7.00. The molecule has 106 valence electrons. The van der Waals surface area contributed by atoms with Crippen molar-refractivity contribution in [2.24, 2.45) is 0 Å². The number of nitrogens with zero attached hydrogens (tertiary/aromatic N) is 2. The molecule has 0 unspecified atom stereocenters. The van der Waals surface area contributed by atoms with E-state index in [4.69, 9.17) is 5.11 Å². The third-order valence-corrected chi connectivity index (χ3v) is 4.32. The Bertz CT molecular complexity index is 391. The number of aliphatic hydroxyl groups is 1. The molecule has 1 aliphatic heterocycles. The third-order valence-electron chi connectivity index (χ3n) is 3.83. The van der Waals surface area contributed by atoms with Gasteiger partial charge in [-0.25, -0.2) is 0 Å². The Kier molecular flexibility index (Phi) is 5.82. The summed E-state index contributed by atoms with van der Waals surface area (Å²) in [6.45, 7) is 8.86. The predicted molar refractivity (Wildman–Crippen MR) is 82.5 cm³/mol. The van der Waals surface area contributed by atoms with E-state index in [1.165, 1.54) is 5.56 Å². The fourth-order valence-corrected chi connectivity index (χ4v) is 3.06. The number of β-amino-alcohol motifs (C(OH)–C–C–N with tert-alkyl or cyclic N) is 1. The number of halogens is 1. The molecule has 2 rings (SSSR count). The normalized spacial score (nSPS) is 19.5. The molecule has 1 heterocycles. The highest BCUT2D eigenvalue weighted by molar-refractivity contribution is 9.10. The van der Waals surface area contributed by atoms with Crippen LogP contribution in [0.3, 0.4) is 0 Å². The highest BCUT2D eigenvalue weighted by Gasteiger charge is 2.18. The molecule has 0 aromatic heterocycles. The second kappa shape index (κ2) is 7.39. The summed E-state index contributed by atoms with van der Waals surface area (Å²) in [5, 5.41) is 8.94. The minimum Gasteiger partial charge on any atom is -0.395 e. The Morgan fingerprint density at radius 1 is 1.21 bits per heavy atom. The van der Waals surface area contributed by atoms with Gasteiger partial charge in [0.05, 0.1) is 6.61 Å². The molecule has 4 heteroatoms. The molecule has 0 amide bonds. The van der Waals surface area contributed by atoms with E-state index in [2.05, 4.69) is 56.9 Å². The summed E-state index contributed by atoms with van der Waals surface area (Å²) in [7, 11) is 0. The second-order valence-electron chi connectivity index (χ2n) is 5.32. The van der Waals surface area contributed by atoms with Gasteiger partial charge in [0.15, 0.2) is 0 Å². The lowest BCUT2D eigenvalue weighted by Crippen LogP contribution is -2.47. The van der Waals surface area contributed by atoms with E-state index in [1.807, 2.05) is 0 Å².